The van der Waals surface area contributed by atoms with Gasteiger partial charge in [0, 0.05) is 39.3 Å². The Bertz CT molecular complexity index is 1270. The van der Waals surface area contributed by atoms with Crippen LogP contribution in [0.5, 0.6) is 0 Å². The Morgan fingerprint density at radius 1 is 1.03 bits per heavy atom. The summed E-state index contributed by atoms with van der Waals surface area (Å²) in [6, 6.07) is 4.93. The molecule has 0 aliphatic carbocycles. The van der Waals surface area contributed by atoms with E-state index in [4.69, 9.17) is 11.6 Å². The highest BCUT2D eigenvalue weighted by atomic mass is 35.5. The maximum absolute atomic E-state index is 13.2. The van der Waals surface area contributed by atoms with Gasteiger partial charge in [-0.25, -0.2) is 18.4 Å². The first-order valence-electron chi connectivity index (χ1n) is 10.2. The van der Waals surface area contributed by atoms with Gasteiger partial charge in [-0.2, -0.15) is 13.1 Å². The molecule has 0 bridgehead atoms. The van der Waals surface area contributed by atoms with Crippen LogP contribution in [-0.2, 0) is 10.0 Å². The molecular formula is C19H20ClN7O3S2. The number of rotatable bonds is 4. The molecule has 2 aromatic heterocycles. The molecule has 0 saturated carbocycles. The number of aromatic nitrogens is 4. The second kappa shape index (κ2) is 8.50. The van der Waals surface area contributed by atoms with Gasteiger partial charge in [-0.3, -0.25) is 4.79 Å². The smallest absolute Gasteiger partial charge is 0.274 e. The fourth-order valence-electron chi connectivity index (χ4n) is 3.99. The van der Waals surface area contributed by atoms with Crippen LogP contribution in [0.4, 0.5) is 5.95 Å². The normalized spacial score (nSPS) is 17.9. The zero-order valence-corrected chi connectivity index (χ0v) is 19.4. The van der Waals surface area contributed by atoms with Gasteiger partial charge in [0.2, 0.25) is 16.0 Å². The van der Waals surface area contributed by atoms with Crippen LogP contribution in [0.3, 0.4) is 0 Å². The molecule has 4 heterocycles. The lowest BCUT2D eigenvalue weighted by Crippen LogP contribution is -2.50. The van der Waals surface area contributed by atoms with Crippen molar-refractivity contribution < 1.29 is 13.2 Å². The average Bonchev–Trinajstić information content (AvgIpc) is 3.51. The minimum Gasteiger partial charge on any atom is -0.341 e. The summed E-state index contributed by atoms with van der Waals surface area (Å²) in [5.74, 6) is 0.183. The molecule has 2 aliphatic rings. The molecule has 1 amide bonds. The molecule has 2 aliphatic heterocycles. The Morgan fingerprint density at radius 2 is 1.78 bits per heavy atom. The summed E-state index contributed by atoms with van der Waals surface area (Å²) in [6.45, 7) is 2.53. The molecule has 0 N–H and O–H groups in total. The minimum atomic E-state index is -3.76. The zero-order chi connectivity index (χ0) is 22.3. The minimum absolute atomic E-state index is 0.137. The van der Waals surface area contributed by atoms with Crippen LogP contribution in [0.25, 0.3) is 11.0 Å². The number of hydrogen-bond donors (Lipinski definition) is 0. The number of hydrogen-bond acceptors (Lipinski definition) is 9. The van der Waals surface area contributed by atoms with Crippen LogP contribution >= 0.6 is 23.3 Å². The standard InChI is InChI=1S/C19H20ClN7O3S2/c20-13-12-21-19(26-6-1-2-7-26)22-16(13)18(28)25-8-10-27(11-9-25)32(29,30)15-5-3-4-14-17(15)24-31-23-14/h3-5,12H,1-2,6-11H2. The summed E-state index contributed by atoms with van der Waals surface area (Å²) >= 11 is 7.21. The fourth-order valence-corrected chi connectivity index (χ4v) is 6.33. The van der Waals surface area contributed by atoms with E-state index in [-0.39, 0.29) is 47.7 Å². The van der Waals surface area contributed by atoms with Gasteiger partial charge in [-0.15, -0.1) is 0 Å². The molecule has 10 nitrogen and oxygen atoms in total. The van der Waals surface area contributed by atoms with E-state index in [1.54, 1.807) is 17.0 Å². The SMILES string of the molecule is O=C(c1nc(N2CCCC2)ncc1Cl)N1CCN(S(=O)(=O)c2cccc3nsnc23)CC1. The lowest BCUT2D eigenvalue weighted by atomic mass is 10.3. The molecule has 13 heteroatoms. The first kappa shape index (κ1) is 21.4. The molecule has 5 rings (SSSR count). The Morgan fingerprint density at radius 3 is 2.53 bits per heavy atom. The summed E-state index contributed by atoms with van der Waals surface area (Å²) in [5.41, 5.74) is 1.08. The van der Waals surface area contributed by atoms with Crippen molar-refractivity contribution in [1.29, 1.82) is 0 Å². The monoisotopic (exact) mass is 493 g/mol. The zero-order valence-electron chi connectivity index (χ0n) is 17.0. The van der Waals surface area contributed by atoms with E-state index in [2.05, 4.69) is 18.7 Å². The topological polar surface area (TPSA) is 112 Å². The summed E-state index contributed by atoms with van der Waals surface area (Å²) in [7, 11) is -3.76. The van der Waals surface area contributed by atoms with E-state index in [1.807, 2.05) is 4.90 Å². The van der Waals surface area contributed by atoms with Crippen molar-refractivity contribution >= 4 is 56.2 Å². The van der Waals surface area contributed by atoms with Crippen molar-refractivity contribution in [1.82, 2.24) is 27.9 Å². The number of carbonyl (C=O) groups is 1. The van der Waals surface area contributed by atoms with Crippen molar-refractivity contribution in [3.05, 3.63) is 35.1 Å². The maximum atomic E-state index is 13.2. The molecular weight excluding hydrogens is 474 g/mol. The van der Waals surface area contributed by atoms with E-state index in [0.29, 0.717) is 17.0 Å². The van der Waals surface area contributed by atoms with Gasteiger partial charge >= 0.3 is 0 Å². The van der Waals surface area contributed by atoms with E-state index in [9.17, 15) is 13.2 Å². The van der Waals surface area contributed by atoms with Crippen molar-refractivity contribution in [3.8, 4) is 0 Å². The predicted molar refractivity (Wildman–Crippen MR) is 121 cm³/mol. The molecule has 3 aromatic rings. The van der Waals surface area contributed by atoms with E-state index in [0.717, 1.165) is 37.7 Å². The van der Waals surface area contributed by atoms with Gasteiger partial charge < -0.3 is 9.80 Å². The van der Waals surface area contributed by atoms with Crippen LogP contribution < -0.4 is 4.90 Å². The fraction of sp³-hybridized carbons (Fsp3) is 0.421. The highest BCUT2D eigenvalue weighted by Crippen LogP contribution is 2.26. The first-order chi connectivity index (χ1) is 15.4. The van der Waals surface area contributed by atoms with Gasteiger partial charge in [0.15, 0.2) is 5.69 Å². The molecule has 1 aromatic carbocycles. The molecule has 0 unspecified atom stereocenters. The molecule has 0 radical (unpaired) electrons. The number of piperazine rings is 1. The second-order valence-electron chi connectivity index (χ2n) is 7.65. The number of sulfonamides is 1. The third-order valence-corrected chi connectivity index (χ3v) is 8.46. The first-order valence-corrected chi connectivity index (χ1v) is 12.8. The van der Waals surface area contributed by atoms with Crippen LogP contribution in [0, 0.1) is 0 Å². The second-order valence-corrected chi connectivity index (χ2v) is 10.5. The molecule has 0 spiro atoms. The van der Waals surface area contributed by atoms with Crippen molar-refractivity contribution in [3.63, 3.8) is 0 Å². The molecule has 32 heavy (non-hydrogen) atoms. The third-order valence-electron chi connectivity index (χ3n) is 5.72. The number of amides is 1. The van der Waals surface area contributed by atoms with Crippen molar-refractivity contribution in [2.45, 2.75) is 17.7 Å². The van der Waals surface area contributed by atoms with Crippen LogP contribution in [0.2, 0.25) is 5.02 Å². The van der Waals surface area contributed by atoms with Crippen molar-refractivity contribution in [2.75, 3.05) is 44.2 Å². The lowest BCUT2D eigenvalue weighted by Gasteiger charge is -2.34. The van der Waals surface area contributed by atoms with Crippen LogP contribution in [-0.4, -0.2) is 81.5 Å². The Kier molecular flexibility index (Phi) is 5.70. The molecule has 2 saturated heterocycles. The number of carbonyl (C=O) groups excluding carboxylic acids is 1. The maximum Gasteiger partial charge on any atom is 0.274 e. The highest BCUT2D eigenvalue weighted by Gasteiger charge is 2.33. The number of halogens is 1. The number of anilines is 1. The third kappa shape index (κ3) is 3.81. The highest BCUT2D eigenvalue weighted by molar-refractivity contribution is 7.89. The Hall–Kier alpha value is -2.41. The summed E-state index contributed by atoms with van der Waals surface area (Å²) in [5, 5.41) is 0.190. The Balaban J connectivity index is 1.32. The van der Waals surface area contributed by atoms with Gasteiger partial charge in [-0.1, -0.05) is 17.7 Å². The summed E-state index contributed by atoms with van der Waals surface area (Å²) < 4.78 is 36.0. The molecule has 0 atom stereocenters. The Labute approximate surface area is 194 Å². The van der Waals surface area contributed by atoms with Gasteiger partial charge in [0.1, 0.15) is 15.9 Å². The van der Waals surface area contributed by atoms with Crippen LogP contribution in [0.15, 0.2) is 29.3 Å². The van der Waals surface area contributed by atoms with E-state index in [1.165, 1.54) is 16.6 Å². The van der Waals surface area contributed by atoms with Gasteiger partial charge in [0.25, 0.3) is 5.91 Å². The quantitative estimate of drug-likeness (QED) is 0.541. The average molecular weight is 494 g/mol. The molecule has 2 fully saturated rings. The number of benzene rings is 1. The summed E-state index contributed by atoms with van der Waals surface area (Å²) in [4.78, 5) is 25.5. The summed E-state index contributed by atoms with van der Waals surface area (Å²) in [6.07, 6.45) is 3.59. The van der Waals surface area contributed by atoms with E-state index < -0.39 is 10.0 Å². The predicted octanol–water partition coefficient (Wildman–Crippen LogP) is 1.88. The van der Waals surface area contributed by atoms with Gasteiger partial charge in [-0.05, 0) is 25.0 Å². The van der Waals surface area contributed by atoms with Gasteiger partial charge in [0.05, 0.1) is 22.9 Å². The lowest BCUT2D eigenvalue weighted by molar-refractivity contribution is 0.0692. The largest absolute Gasteiger partial charge is 0.341 e. The molecule has 168 valence electrons. The van der Waals surface area contributed by atoms with E-state index >= 15 is 0 Å². The van der Waals surface area contributed by atoms with Crippen LogP contribution in [0.1, 0.15) is 23.3 Å². The van der Waals surface area contributed by atoms with Crippen molar-refractivity contribution in [2.24, 2.45) is 0 Å². The number of nitrogens with zero attached hydrogens (tertiary/aromatic N) is 7. The number of fused-ring (bicyclic) bond motifs is 1.